The molecule has 0 radical (unpaired) electrons. The van der Waals surface area contributed by atoms with E-state index in [9.17, 15) is 13.2 Å². The zero-order chi connectivity index (χ0) is 22.1. The van der Waals surface area contributed by atoms with Crippen molar-refractivity contribution < 1.29 is 13.2 Å². The number of hydrogen-bond donors (Lipinski definition) is 1. The number of rotatable bonds is 6. The molecule has 3 rings (SSSR count). The van der Waals surface area contributed by atoms with Gasteiger partial charge in [0.15, 0.2) is 5.82 Å². The van der Waals surface area contributed by atoms with Crippen LogP contribution in [0.4, 0.5) is 5.69 Å². The van der Waals surface area contributed by atoms with Gasteiger partial charge in [-0.05, 0) is 50.6 Å². The van der Waals surface area contributed by atoms with Crippen molar-refractivity contribution in [3.8, 4) is 0 Å². The fourth-order valence-corrected chi connectivity index (χ4v) is 4.28. The quantitative estimate of drug-likeness (QED) is 0.652. The molecule has 1 amide bonds. The third-order valence-corrected chi connectivity index (χ3v) is 6.46. The molecule has 9 heteroatoms. The van der Waals surface area contributed by atoms with Crippen LogP contribution in [0.3, 0.4) is 0 Å². The van der Waals surface area contributed by atoms with Gasteiger partial charge >= 0.3 is 0 Å². The Morgan fingerprint density at radius 1 is 1.07 bits per heavy atom. The number of hydrogen-bond acceptors (Lipinski definition) is 5. The summed E-state index contributed by atoms with van der Waals surface area (Å²) in [6, 6.07) is 11.7. The van der Waals surface area contributed by atoms with E-state index in [0.717, 1.165) is 11.4 Å². The number of aromatic nitrogens is 3. The maximum absolute atomic E-state index is 12.9. The second-order valence-electron chi connectivity index (χ2n) is 7.34. The summed E-state index contributed by atoms with van der Waals surface area (Å²) in [5, 5.41) is 8.06. The van der Waals surface area contributed by atoms with E-state index < -0.39 is 10.0 Å². The predicted molar refractivity (Wildman–Crippen MR) is 115 cm³/mol. The van der Waals surface area contributed by atoms with Crippen LogP contribution in [0, 0.1) is 20.8 Å². The Balaban J connectivity index is 1.85. The van der Waals surface area contributed by atoms with Gasteiger partial charge < -0.3 is 9.47 Å². The van der Waals surface area contributed by atoms with Gasteiger partial charge in [0, 0.05) is 25.3 Å². The van der Waals surface area contributed by atoms with E-state index in [1.54, 1.807) is 42.8 Å². The lowest BCUT2D eigenvalue weighted by atomic mass is 10.1. The maximum atomic E-state index is 12.9. The van der Waals surface area contributed by atoms with Crippen LogP contribution in [-0.4, -0.2) is 41.0 Å². The molecule has 0 aliphatic heterocycles. The second kappa shape index (κ2) is 8.27. The topological polar surface area (TPSA) is 97.2 Å². The Hall–Kier alpha value is -3.20. The first kappa shape index (κ1) is 21.5. The lowest BCUT2D eigenvalue weighted by Gasteiger charge is -2.18. The highest BCUT2D eigenvalue weighted by Gasteiger charge is 2.21. The number of benzene rings is 2. The van der Waals surface area contributed by atoms with Gasteiger partial charge in [-0.1, -0.05) is 23.8 Å². The summed E-state index contributed by atoms with van der Waals surface area (Å²) in [7, 11) is -0.375. The lowest BCUT2D eigenvalue weighted by molar-refractivity contribution is 0.0780. The molecule has 1 heterocycles. The Morgan fingerprint density at radius 2 is 1.73 bits per heavy atom. The van der Waals surface area contributed by atoms with E-state index in [0.29, 0.717) is 17.1 Å². The van der Waals surface area contributed by atoms with E-state index >= 15 is 0 Å². The first-order chi connectivity index (χ1) is 14.1. The number of amides is 1. The summed E-state index contributed by atoms with van der Waals surface area (Å²) >= 11 is 0. The van der Waals surface area contributed by atoms with E-state index in [4.69, 9.17) is 0 Å². The Morgan fingerprint density at radius 3 is 2.33 bits per heavy atom. The zero-order valence-corrected chi connectivity index (χ0v) is 18.5. The van der Waals surface area contributed by atoms with Crippen LogP contribution in [0.5, 0.6) is 0 Å². The van der Waals surface area contributed by atoms with Crippen LogP contribution in [0.1, 0.15) is 33.1 Å². The van der Waals surface area contributed by atoms with Gasteiger partial charge in [0.1, 0.15) is 5.82 Å². The molecule has 0 aliphatic rings. The van der Waals surface area contributed by atoms with Gasteiger partial charge in [-0.3, -0.25) is 9.52 Å². The lowest BCUT2D eigenvalue weighted by Crippen LogP contribution is -2.28. The Bertz CT molecular complexity index is 1180. The van der Waals surface area contributed by atoms with Crippen molar-refractivity contribution in [3.05, 3.63) is 70.8 Å². The molecule has 0 fully saturated rings. The van der Waals surface area contributed by atoms with Gasteiger partial charge in [-0.25, -0.2) is 8.42 Å². The average Bonchev–Trinajstić information content (AvgIpc) is 3.01. The van der Waals surface area contributed by atoms with Crippen LogP contribution in [0.15, 0.2) is 47.4 Å². The fourth-order valence-electron chi connectivity index (χ4n) is 2.95. The number of nitrogens with one attached hydrogen (secondary N) is 1. The van der Waals surface area contributed by atoms with Crippen molar-refractivity contribution in [2.45, 2.75) is 32.2 Å². The van der Waals surface area contributed by atoms with E-state index in [1.807, 2.05) is 33.0 Å². The molecular formula is C21H25N5O3S. The summed E-state index contributed by atoms with van der Waals surface area (Å²) in [5.74, 6) is 1.09. The highest BCUT2D eigenvalue weighted by Crippen LogP contribution is 2.22. The third kappa shape index (κ3) is 4.51. The van der Waals surface area contributed by atoms with Gasteiger partial charge in [0.2, 0.25) is 0 Å². The number of sulfonamides is 1. The molecule has 0 saturated heterocycles. The molecule has 3 aromatic rings. The van der Waals surface area contributed by atoms with Gasteiger partial charge in [0.25, 0.3) is 15.9 Å². The van der Waals surface area contributed by atoms with Gasteiger partial charge in [0.05, 0.1) is 11.4 Å². The SMILES string of the molecule is Cc1ccc(NS(=O)(=O)c2cc(C(=O)N(C)Cc3nnc(C)n3C)ccc2C)cc1. The Kier molecular flexibility index (Phi) is 5.93. The van der Waals surface area contributed by atoms with E-state index in [1.165, 1.54) is 11.0 Å². The molecule has 158 valence electrons. The van der Waals surface area contributed by atoms with E-state index in [2.05, 4.69) is 14.9 Å². The summed E-state index contributed by atoms with van der Waals surface area (Å²) in [5.41, 5.74) is 2.33. The fraction of sp³-hybridized carbons (Fsp3) is 0.286. The van der Waals surface area contributed by atoms with Crippen molar-refractivity contribution >= 4 is 21.6 Å². The van der Waals surface area contributed by atoms with Gasteiger partial charge in [-0.2, -0.15) is 0 Å². The molecule has 0 aliphatic carbocycles. The number of carbonyl (C=O) groups is 1. The first-order valence-corrected chi connectivity index (χ1v) is 10.9. The van der Waals surface area contributed by atoms with Crippen LogP contribution in [-0.2, 0) is 23.6 Å². The highest BCUT2D eigenvalue weighted by molar-refractivity contribution is 7.92. The van der Waals surface area contributed by atoms with Crippen LogP contribution >= 0.6 is 0 Å². The van der Waals surface area contributed by atoms with Crippen LogP contribution in [0.2, 0.25) is 0 Å². The molecule has 0 spiro atoms. The van der Waals surface area contributed by atoms with Gasteiger partial charge in [-0.15, -0.1) is 10.2 Å². The minimum Gasteiger partial charge on any atom is -0.334 e. The van der Waals surface area contributed by atoms with Crippen molar-refractivity contribution in [1.82, 2.24) is 19.7 Å². The molecule has 1 aromatic heterocycles. The van der Waals surface area contributed by atoms with Crippen molar-refractivity contribution in [2.75, 3.05) is 11.8 Å². The highest BCUT2D eigenvalue weighted by atomic mass is 32.2. The molecule has 0 atom stereocenters. The van der Waals surface area contributed by atoms with Crippen LogP contribution < -0.4 is 4.72 Å². The Labute approximate surface area is 176 Å². The van der Waals surface area contributed by atoms with Crippen molar-refractivity contribution in [2.24, 2.45) is 7.05 Å². The molecule has 0 bridgehead atoms. The maximum Gasteiger partial charge on any atom is 0.262 e. The minimum atomic E-state index is -3.85. The molecule has 30 heavy (non-hydrogen) atoms. The predicted octanol–water partition coefficient (Wildman–Crippen LogP) is 2.81. The molecule has 8 nitrogen and oxygen atoms in total. The first-order valence-electron chi connectivity index (χ1n) is 9.39. The third-order valence-electron chi connectivity index (χ3n) is 4.94. The molecule has 0 saturated carbocycles. The smallest absolute Gasteiger partial charge is 0.262 e. The number of nitrogens with zero attached hydrogens (tertiary/aromatic N) is 4. The van der Waals surface area contributed by atoms with Crippen molar-refractivity contribution in [1.29, 1.82) is 0 Å². The summed E-state index contributed by atoms with van der Waals surface area (Å²) in [6.07, 6.45) is 0. The normalized spacial score (nSPS) is 11.4. The zero-order valence-electron chi connectivity index (χ0n) is 17.7. The monoisotopic (exact) mass is 427 g/mol. The number of aryl methyl sites for hydroxylation is 3. The van der Waals surface area contributed by atoms with E-state index in [-0.39, 0.29) is 22.9 Å². The number of anilines is 1. The summed E-state index contributed by atoms with van der Waals surface area (Å²) in [6.45, 7) is 5.71. The summed E-state index contributed by atoms with van der Waals surface area (Å²) in [4.78, 5) is 14.5. The molecular weight excluding hydrogens is 402 g/mol. The number of carbonyl (C=O) groups excluding carboxylic acids is 1. The van der Waals surface area contributed by atoms with Crippen molar-refractivity contribution in [3.63, 3.8) is 0 Å². The minimum absolute atomic E-state index is 0.0665. The average molecular weight is 428 g/mol. The second-order valence-corrected chi connectivity index (χ2v) is 8.99. The molecule has 1 N–H and O–H groups in total. The molecule has 0 unspecified atom stereocenters. The molecule has 2 aromatic carbocycles. The largest absolute Gasteiger partial charge is 0.334 e. The van der Waals surface area contributed by atoms with Crippen LogP contribution in [0.25, 0.3) is 0 Å². The summed E-state index contributed by atoms with van der Waals surface area (Å²) < 4.78 is 30.2. The standard InChI is InChI=1S/C21H25N5O3S/c1-14-6-10-18(11-7-14)24-30(28,29)19-12-17(9-8-15(19)2)21(27)25(4)13-20-23-22-16(3)26(20)5/h6-12,24H,13H2,1-5H3.